The number of amides is 1. The van der Waals surface area contributed by atoms with E-state index >= 15 is 0 Å². The molecule has 0 bridgehead atoms. The van der Waals surface area contributed by atoms with Crippen molar-refractivity contribution >= 4 is 5.91 Å². The maximum Gasteiger partial charge on any atom is 0.260 e. The Morgan fingerprint density at radius 2 is 2.00 bits per heavy atom. The van der Waals surface area contributed by atoms with Gasteiger partial charge in [-0.2, -0.15) is 0 Å². The van der Waals surface area contributed by atoms with Crippen molar-refractivity contribution < 1.29 is 14.6 Å². The molecule has 4 heteroatoms. The molecule has 0 aliphatic carbocycles. The molecule has 18 heavy (non-hydrogen) atoms. The molecule has 4 nitrogen and oxygen atoms in total. The molecule has 1 atom stereocenters. The van der Waals surface area contributed by atoms with E-state index in [1.165, 1.54) is 0 Å². The van der Waals surface area contributed by atoms with Crippen molar-refractivity contribution in [1.82, 2.24) is 5.32 Å². The number of hydrogen-bond donors (Lipinski definition) is 2. The first kappa shape index (κ1) is 14.5. The number of aliphatic hydroxyl groups is 1. The van der Waals surface area contributed by atoms with Crippen molar-refractivity contribution in [2.45, 2.75) is 39.3 Å². The lowest BCUT2D eigenvalue weighted by Crippen LogP contribution is -2.40. The maximum absolute atomic E-state index is 11.7. The molecule has 0 saturated carbocycles. The monoisotopic (exact) mass is 251 g/mol. The maximum atomic E-state index is 11.7. The molecule has 0 aliphatic heterocycles. The summed E-state index contributed by atoms with van der Waals surface area (Å²) < 4.78 is 5.64. The Kier molecular flexibility index (Phi) is 5.65. The molecule has 1 unspecified atom stereocenters. The zero-order valence-corrected chi connectivity index (χ0v) is 11.1. The molecule has 0 heterocycles. The third kappa shape index (κ3) is 4.37. The molecule has 0 spiro atoms. The number of para-hydroxylation sites is 1. The van der Waals surface area contributed by atoms with Crippen molar-refractivity contribution in [2.75, 3.05) is 6.61 Å². The van der Waals surface area contributed by atoms with Crippen molar-refractivity contribution in [2.24, 2.45) is 0 Å². The molecule has 0 aliphatic rings. The van der Waals surface area contributed by atoms with Crippen LogP contribution in [0.5, 0.6) is 5.75 Å². The first-order valence-corrected chi connectivity index (χ1v) is 6.20. The smallest absolute Gasteiger partial charge is 0.260 e. The number of rotatable bonds is 6. The van der Waals surface area contributed by atoms with Gasteiger partial charge in [-0.05, 0) is 38.8 Å². The second kappa shape index (κ2) is 7.01. The van der Waals surface area contributed by atoms with E-state index in [4.69, 9.17) is 9.84 Å². The Hall–Kier alpha value is -1.55. The summed E-state index contributed by atoms with van der Waals surface area (Å²) in [4.78, 5) is 11.7. The fourth-order valence-corrected chi connectivity index (χ4v) is 1.59. The summed E-state index contributed by atoms with van der Waals surface area (Å²) in [6.45, 7) is 5.59. The van der Waals surface area contributed by atoms with Gasteiger partial charge in [0.15, 0.2) is 6.10 Å². The Bertz CT molecular complexity index is 390. The number of nitrogens with one attached hydrogen (secondary N) is 1. The molecule has 1 amide bonds. The number of aliphatic hydroxyl groups excluding tert-OH is 1. The minimum Gasteiger partial charge on any atom is -0.481 e. The molecule has 2 N–H and O–H groups in total. The van der Waals surface area contributed by atoms with Gasteiger partial charge in [-0.15, -0.1) is 0 Å². The van der Waals surface area contributed by atoms with Crippen LogP contribution >= 0.6 is 0 Å². The summed E-state index contributed by atoms with van der Waals surface area (Å²) in [5.41, 5.74) is 0.907. The van der Waals surface area contributed by atoms with Crippen molar-refractivity contribution in [3.8, 4) is 5.75 Å². The summed E-state index contributed by atoms with van der Waals surface area (Å²) in [6.07, 6.45) is -0.0263. The van der Waals surface area contributed by atoms with Gasteiger partial charge in [-0.3, -0.25) is 4.79 Å². The van der Waals surface area contributed by atoms with Gasteiger partial charge in [0, 0.05) is 12.6 Å². The van der Waals surface area contributed by atoms with Gasteiger partial charge in [0.2, 0.25) is 0 Å². The molecule has 0 radical (unpaired) electrons. The molecular formula is C14H21NO3. The zero-order valence-electron chi connectivity index (χ0n) is 11.1. The van der Waals surface area contributed by atoms with E-state index < -0.39 is 6.10 Å². The van der Waals surface area contributed by atoms with Crippen LogP contribution in [0, 0.1) is 0 Å². The standard InChI is InChI=1S/C14H21NO3/c1-10(2)15-14(17)11(3)18-13-7-5-4-6-12(13)8-9-16/h4-7,10-11,16H,8-9H2,1-3H3,(H,15,17). The fraction of sp³-hybridized carbons (Fsp3) is 0.500. The second-order valence-electron chi connectivity index (χ2n) is 4.50. The minimum atomic E-state index is -0.549. The molecule has 1 aromatic carbocycles. The van der Waals surface area contributed by atoms with Crippen molar-refractivity contribution in [3.63, 3.8) is 0 Å². The fourth-order valence-electron chi connectivity index (χ4n) is 1.59. The van der Waals surface area contributed by atoms with Crippen molar-refractivity contribution in [3.05, 3.63) is 29.8 Å². The van der Waals surface area contributed by atoms with Crippen LogP contribution in [0.3, 0.4) is 0 Å². The Morgan fingerprint density at radius 1 is 1.33 bits per heavy atom. The molecule has 0 fully saturated rings. The summed E-state index contributed by atoms with van der Waals surface area (Å²) in [5.74, 6) is 0.516. The van der Waals surface area contributed by atoms with E-state index in [2.05, 4.69) is 5.32 Å². The predicted molar refractivity (Wildman–Crippen MR) is 70.6 cm³/mol. The topological polar surface area (TPSA) is 58.6 Å². The number of benzene rings is 1. The quantitative estimate of drug-likeness (QED) is 0.805. The highest BCUT2D eigenvalue weighted by Gasteiger charge is 2.16. The van der Waals surface area contributed by atoms with E-state index in [-0.39, 0.29) is 18.6 Å². The SMILES string of the molecule is CC(C)NC(=O)C(C)Oc1ccccc1CCO. The zero-order chi connectivity index (χ0) is 13.5. The van der Waals surface area contributed by atoms with Crippen LogP contribution in [-0.2, 0) is 11.2 Å². The van der Waals surface area contributed by atoms with E-state index in [9.17, 15) is 4.79 Å². The number of carbonyl (C=O) groups is 1. The van der Waals surface area contributed by atoms with Crippen LogP contribution in [0.4, 0.5) is 0 Å². The summed E-state index contributed by atoms with van der Waals surface area (Å²) >= 11 is 0. The van der Waals surface area contributed by atoms with Gasteiger partial charge >= 0.3 is 0 Å². The van der Waals surface area contributed by atoms with Gasteiger partial charge in [-0.1, -0.05) is 18.2 Å². The van der Waals surface area contributed by atoms with Crippen LogP contribution in [0.15, 0.2) is 24.3 Å². The van der Waals surface area contributed by atoms with Crippen LogP contribution in [0.2, 0.25) is 0 Å². The van der Waals surface area contributed by atoms with E-state index in [0.29, 0.717) is 12.2 Å². The minimum absolute atomic E-state index is 0.0624. The summed E-state index contributed by atoms with van der Waals surface area (Å²) in [5, 5.41) is 11.8. The lowest BCUT2D eigenvalue weighted by molar-refractivity contribution is -0.127. The second-order valence-corrected chi connectivity index (χ2v) is 4.50. The molecule has 0 aromatic heterocycles. The molecule has 1 aromatic rings. The molecule has 0 saturated heterocycles. The van der Waals surface area contributed by atoms with E-state index in [0.717, 1.165) is 5.56 Å². The van der Waals surface area contributed by atoms with Crippen LogP contribution in [0.1, 0.15) is 26.3 Å². The van der Waals surface area contributed by atoms with Gasteiger partial charge in [0.1, 0.15) is 5.75 Å². The third-order valence-electron chi connectivity index (χ3n) is 2.46. The van der Waals surface area contributed by atoms with Gasteiger partial charge in [0.25, 0.3) is 5.91 Å². The highest BCUT2D eigenvalue weighted by molar-refractivity contribution is 5.80. The number of ether oxygens (including phenoxy) is 1. The lowest BCUT2D eigenvalue weighted by Gasteiger charge is -2.18. The van der Waals surface area contributed by atoms with Crippen molar-refractivity contribution in [1.29, 1.82) is 0 Å². The molecule has 100 valence electrons. The van der Waals surface area contributed by atoms with Crippen LogP contribution < -0.4 is 10.1 Å². The largest absolute Gasteiger partial charge is 0.481 e. The highest BCUT2D eigenvalue weighted by Crippen LogP contribution is 2.19. The summed E-state index contributed by atoms with van der Waals surface area (Å²) in [6, 6.07) is 7.53. The van der Waals surface area contributed by atoms with Gasteiger partial charge < -0.3 is 15.2 Å². The van der Waals surface area contributed by atoms with E-state index in [1.807, 2.05) is 38.1 Å². The molecular weight excluding hydrogens is 230 g/mol. The van der Waals surface area contributed by atoms with Crippen LogP contribution in [-0.4, -0.2) is 29.8 Å². The third-order valence-corrected chi connectivity index (χ3v) is 2.46. The Balaban J connectivity index is 2.69. The van der Waals surface area contributed by atoms with Crippen LogP contribution in [0.25, 0.3) is 0 Å². The summed E-state index contributed by atoms with van der Waals surface area (Å²) in [7, 11) is 0. The average molecular weight is 251 g/mol. The predicted octanol–water partition coefficient (Wildman–Crippen LogP) is 1.51. The Morgan fingerprint density at radius 3 is 2.61 bits per heavy atom. The van der Waals surface area contributed by atoms with E-state index in [1.54, 1.807) is 6.92 Å². The average Bonchev–Trinajstić information content (AvgIpc) is 2.31. The number of hydrogen-bond acceptors (Lipinski definition) is 3. The van der Waals surface area contributed by atoms with Gasteiger partial charge in [0.05, 0.1) is 0 Å². The molecule has 1 rings (SSSR count). The normalized spacial score (nSPS) is 12.3. The highest BCUT2D eigenvalue weighted by atomic mass is 16.5. The first-order valence-electron chi connectivity index (χ1n) is 6.20. The lowest BCUT2D eigenvalue weighted by atomic mass is 10.1. The Labute approximate surface area is 108 Å². The van der Waals surface area contributed by atoms with Gasteiger partial charge in [-0.25, -0.2) is 0 Å². The first-order chi connectivity index (χ1) is 8.54. The number of carbonyl (C=O) groups excluding carboxylic acids is 1.